The summed E-state index contributed by atoms with van der Waals surface area (Å²) >= 11 is 3.36. The van der Waals surface area contributed by atoms with E-state index in [9.17, 15) is 8.42 Å². The van der Waals surface area contributed by atoms with Gasteiger partial charge in [0.25, 0.3) is 0 Å². The minimum Gasteiger partial charge on any atom is -0.497 e. The van der Waals surface area contributed by atoms with Crippen LogP contribution in [-0.4, -0.2) is 46.7 Å². The molecule has 0 radical (unpaired) electrons. The van der Waals surface area contributed by atoms with Gasteiger partial charge in [0, 0.05) is 41.9 Å². The highest BCUT2D eigenvalue weighted by molar-refractivity contribution is 9.10. The van der Waals surface area contributed by atoms with Gasteiger partial charge >= 0.3 is 0 Å². The van der Waals surface area contributed by atoms with E-state index in [1.165, 1.54) is 0 Å². The van der Waals surface area contributed by atoms with Crippen LogP contribution in [-0.2, 0) is 9.84 Å². The molecule has 5 rings (SSSR count). The van der Waals surface area contributed by atoms with E-state index >= 15 is 0 Å². The predicted molar refractivity (Wildman–Crippen MR) is 139 cm³/mol. The second-order valence-corrected chi connectivity index (χ2v) is 10.9. The van der Waals surface area contributed by atoms with Crippen LogP contribution in [0.3, 0.4) is 0 Å². The van der Waals surface area contributed by atoms with E-state index in [4.69, 9.17) is 9.15 Å². The Hall–Kier alpha value is -3.30. The van der Waals surface area contributed by atoms with Crippen molar-refractivity contribution >= 4 is 37.3 Å². The third-order valence-corrected chi connectivity index (χ3v) is 8.18. The third kappa shape index (κ3) is 4.78. The number of sulfone groups is 1. The zero-order chi connectivity index (χ0) is 24.4. The molecule has 35 heavy (non-hydrogen) atoms. The van der Waals surface area contributed by atoms with E-state index in [-0.39, 0.29) is 21.7 Å². The van der Waals surface area contributed by atoms with Crippen LogP contribution in [0.15, 0.2) is 97.7 Å². The van der Waals surface area contributed by atoms with Gasteiger partial charge in [-0.15, -0.1) is 0 Å². The fourth-order valence-corrected chi connectivity index (χ4v) is 5.65. The van der Waals surface area contributed by atoms with Gasteiger partial charge in [-0.2, -0.15) is 4.98 Å². The van der Waals surface area contributed by atoms with Crippen molar-refractivity contribution in [2.75, 3.05) is 43.1 Å². The highest BCUT2D eigenvalue weighted by Gasteiger charge is 2.33. The number of piperazine rings is 1. The first-order valence-corrected chi connectivity index (χ1v) is 13.4. The molecule has 0 spiro atoms. The normalized spacial score (nSPS) is 14.2. The molecule has 0 saturated carbocycles. The average molecular weight is 554 g/mol. The molecule has 0 atom stereocenters. The molecule has 7 nitrogen and oxygen atoms in total. The molecule has 0 N–H and O–H groups in total. The van der Waals surface area contributed by atoms with Crippen molar-refractivity contribution in [3.63, 3.8) is 0 Å². The van der Waals surface area contributed by atoms with Crippen molar-refractivity contribution in [3.05, 3.63) is 83.3 Å². The van der Waals surface area contributed by atoms with E-state index in [0.717, 1.165) is 21.5 Å². The minimum atomic E-state index is -3.89. The smallest absolute Gasteiger partial charge is 0.236 e. The Morgan fingerprint density at radius 1 is 0.857 bits per heavy atom. The van der Waals surface area contributed by atoms with Gasteiger partial charge < -0.3 is 19.0 Å². The molecule has 1 aliphatic heterocycles. The lowest BCUT2D eigenvalue weighted by Crippen LogP contribution is -2.46. The van der Waals surface area contributed by atoms with Crippen LogP contribution in [0.4, 0.5) is 11.6 Å². The van der Waals surface area contributed by atoms with Crippen molar-refractivity contribution in [1.82, 2.24) is 4.98 Å². The maximum Gasteiger partial charge on any atom is 0.236 e. The number of benzene rings is 3. The summed E-state index contributed by atoms with van der Waals surface area (Å²) in [5.41, 5.74) is 1.82. The van der Waals surface area contributed by atoms with Gasteiger partial charge in [0.05, 0.1) is 12.0 Å². The molecule has 1 aromatic heterocycles. The summed E-state index contributed by atoms with van der Waals surface area (Å²) in [5, 5.41) is -0.0587. The number of hydrogen-bond donors (Lipinski definition) is 0. The first kappa shape index (κ1) is 23.4. The van der Waals surface area contributed by atoms with Crippen molar-refractivity contribution in [2.24, 2.45) is 0 Å². The van der Waals surface area contributed by atoms with Crippen molar-refractivity contribution in [3.8, 4) is 17.2 Å². The lowest BCUT2D eigenvalue weighted by atomic mass is 10.2. The SMILES string of the molecule is COc1ccc(N2CCN(c3oc(-c4ccccc4)nc3S(=O)(=O)c3ccc(Br)cc3)CC2)cc1. The molecule has 4 aromatic rings. The number of anilines is 2. The van der Waals surface area contributed by atoms with Gasteiger partial charge in [-0.25, -0.2) is 8.42 Å². The number of methoxy groups -OCH3 is 1. The standard InChI is InChI=1S/C26H24BrN3O4S/c1-33-22-11-9-21(10-12-22)29-15-17-30(18-16-29)26-25(28-24(34-26)19-5-3-2-4-6-19)35(31,32)23-13-7-20(27)8-14-23/h2-14H,15-18H2,1H3. The molecule has 2 heterocycles. The fourth-order valence-electron chi connectivity index (χ4n) is 4.06. The van der Waals surface area contributed by atoms with Crippen LogP contribution in [0.2, 0.25) is 0 Å². The molecule has 1 saturated heterocycles. The minimum absolute atomic E-state index is 0.0587. The first-order valence-electron chi connectivity index (χ1n) is 11.2. The van der Waals surface area contributed by atoms with E-state index < -0.39 is 9.84 Å². The molecule has 3 aromatic carbocycles. The Morgan fingerprint density at radius 2 is 1.49 bits per heavy atom. The first-order chi connectivity index (χ1) is 17.0. The second-order valence-electron chi connectivity index (χ2n) is 8.12. The van der Waals surface area contributed by atoms with Gasteiger partial charge in [-0.3, -0.25) is 0 Å². The van der Waals surface area contributed by atoms with Crippen molar-refractivity contribution < 1.29 is 17.6 Å². The molecular weight excluding hydrogens is 530 g/mol. The maximum atomic E-state index is 13.6. The Kier molecular flexibility index (Phi) is 6.53. The average Bonchev–Trinajstić information content (AvgIpc) is 3.36. The third-order valence-electron chi connectivity index (χ3n) is 5.98. The lowest BCUT2D eigenvalue weighted by molar-refractivity contribution is 0.415. The summed E-state index contributed by atoms with van der Waals surface area (Å²) < 4.78 is 39.4. The zero-order valence-electron chi connectivity index (χ0n) is 19.1. The monoisotopic (exact) mass is 553 g/mol. The number of hydrogen-bond acceptors (Lipinski definition) is 7. The molecule has 0 bridgehead atoms. The van der Waals surface area contributed by atoms with Crippen molar-refractivity contribution in [2.45, 2.75) is 9.92 Å². The molecule has 0 aliphatic carbocycles. The number of halogens is 1. The molecule has 180 valence electrons. The summed E-state index contributed by atoms with van der Waals surface area (Å²) in [4.78, 5) is 8.88. The summed E-state index contributed by atoms with van der Waals surface area (Å²) in [5.74, 6) is 1.38. The summed E-state index contributed by atoms with van der Waals surface area (Å²) in [7, 11) is -2.24. The van der Waals surface area contributed by atoms with Crippen LogP contribution in [0.5, 0.6) is 5.75 Å². The molecule has 9 heteroatoms. The van der Waals surface area contributed by atoms with E-state index in [2.05, 4.69) is 25.8 Å². The Balaban J connectivity index is 1.47. The zero-order valence-corrected chi connectivity index (χ0v) is 21.5. The van der Waals surface area contributed by atoms with Gasteiger partial charge in [-0.05, 0) is 60.7 Å². The molecule has 1 aliphatic rings. The van der Waals surface area contributed by atoms with Gasteiger partial charge in [-0.1, -0.05) is 34.1 Å². The summed E-state index contributed by atoms with van der Waals surface area (Å²) in [6.07, 6.45) is 0. The Bertz CT molecular complexity index is 1400. The Labute approximate surface area is 213 Å². The van der Waals surface area contributed by atoms with Gasteiger partial charge in [0.2, 0.25) is 26.6 Å². The fraction of sp³-hybridized carbons (Fsp3) is 0.192. The van der Waals surface area contributed by atoms with Crippen LogP contribution in [0, 0.1) is 0 Å². The quantitative estimate of drug-likeness (QED) is 0.321. The Morgan fingerprint density at radius 3 is 2.11 bits per heavy atom. The van der Waals surface area contributed by atoms with Crippen molar-refractivity contribution in [1.29, 1.82) is 0 Å². The van der Waals surface area contributed by atoms with Crippen LogP contribution < -0.4 is 14.5 Å². The van der Waals surface area contributed by atoms with E-state index in [1.807, 2.05) is 59.5 Å². The highest BCUT2D eigenvalue weighted by Crippen LogP contribution is 2.35. The second kappa shape index (κ2) is 9.75. The van der Waals surface area contributed by atoms with Crippen LogP contribution in [0.1, 0.15) is 0 Å². The topological polar surface area (TPSA) is 75.9 Å². The number of oxazole rings is 1. The van der Waals surface area contributed by atoms with Gasteiger partial charge in [0.15, 0.2) is 0 Å². The largest absolute Gasteiger partial charge is 0.497 e. The summed E-state index contributed by atoms with van der Waals surface area (Å²) in [6, 6.07) is 23.8. The maximum absolute atomic E-state index is 13.6. The van der Waals surface area contributed by atoms with Crippen LogP contribution in [0.25, 0.3) is 11.5 Å². The number of ether oxygens (including phenoxy) is 1. The molecule has 0 amide bonds. The molecular formula is C26H24BrN3O4S. The lowest BCUT2D eigenvalue weighted by Gasteiger charge is -2.36. The van der Waals surface area contributed by atoms with Crippen LogP contribution >= 0.6 is 15.9 Å². The van der Waals surface area contributed by atoms with E-state index in [1.54, 1.807) is 31.4 Å². The predicted octanol–water partition coefficient (Wildman–Crippen LogP) is 5.27. The summed E-state index contributed by atoms with van der Waals surface area (Å²) in [6.45, 7) is 2.62. The number of rotatable bonds is 6. The van der Waals surface area contributed by atoms with E-state index in [0.29, 0.717) is 26.2 Å². The highest BCUT2D eigenvalue weighted by atomic mass is 79.9. The molecule has 0 unspecified atom stereocenters. The van der Waals surface area contributed by atoms with Gasteiger partial charge in [0.1, 0.15) is 5.75 Å². The number of nitrogens with zero attached hydrogens (tertiary/aromatic N) is 3. The molecule has 1 fully saturated rings. The number of aromatic nitrogens is 1.